The van der Waals surface area contributed by atoms with Gasteiger partial charge in [0, 0.05) is 11.5 Å². The zero-order valence-corrected chi connectivity index (χ0v) is 8.62. The minimum atomic E-state index is -0.499. The van der Waals surface area contributed by atoms with Gasteiger partial charge in [0.25, 0.3) is 0 Å². The van der Waals surface area contributed by atoms with Crippen LogP contribution in [-0.4, -0.2) is 12.6 Å². The highest BCUT2D eigenvalue weighted by Crippen LogP contribution is 2.04. The van der Waals surface area contributed by atoms with E-state index >= 15 is 0 Å². The summed E-state index contributed by atoms with van der Waals surface area (Å²) in [6.45, 7) is 5.75. The number of carbonyl (C=O) groups is 1. The molecular weight excluding hydrogens is 188 g/mol. The van der Waals surface area contributed by atoms with Crippen LogP contribution in [0.1, 0.15) is 18.1 Å². The minimum Gasteiger partial charge on any atom is -0.456 e. The van der Waals surface area contributed by atoms with Gasteiger partial charge in [0.2, 0.25) is 0 Å². The standard InChI is InChI=1S/C13H12O2/c1-3-11-6-5-7-12(10-11)8-9-13(14)15-4-2/h3,5-7,10H,1,4H2,2H3. The van der Waals surface area contributed by atoms with Crippen molar-refractivity contribution in [1.29, 1.82) is 0 Å². The number of ether oxygens (including phenoxy) is 1. The quantitative estimate of drug-likeness (QED) is 0.540. The summed E-state index contributed by atoms with van der Waals surface area (Å²) >= 11 is 0. The van der Waals surface area contributed by atoms with E-state index in [1.54, 1.807) is 13.0 Å². The normalized spacial score (nSPS) is 8.60. The molecule has 0 N–H and O–H groups in total. The molecule has 1 rings (SSSR count). The lowest BCUT2D eigenvalue weighted by Gasteiger charge is -1.94. The third-order valence-corrected chi connectivity index (χ3v) is 1.71. The van der Waals surface area contributed by atoms with Crippen LogP contribution >= 0.6 is 0 Å². The minimum absolute atomic E-state index is 0.347. The Balaban J connectivity index is 2.79. The monoisotopic (exact) mass is 200 g/mol. The van der Waals surface area contributed by atoms with Crippen molar-refractivity contribution >= 4 is 12.0 Å². The van der Waals surface area contributed by atoms with Gasteiger partial charge in [-0.2, -0.15) is 0 Å². The highest BCUT2D eigenvalue weighted by Gasteiger charge is 1.93. The molecule has 0 aliphatic heterocycles. The fraction of sp³-hybridized carbons (Fsp3) is 0.154. The molecule has 15 heavy (non-hydrogen) atoms. The maximum Gasteiger partial charge on any atom is 0.384 e. The molecule has 0 aromatic heterocycles. The van der Waals surface area contributed by atoms with Crippen molar-refractivity contribution < 1.29 is 9.53 Å². The maximum absolute atomic E-state index is 11.0. The summed E-state index contributed by atoms with van der Waals surface area (Å²) in [6.07, 6.45) is 1.73. The highest BCUT2D eigenvalue weighted by atomic mass is 16.5. The summed E-state index contributed by atoms with van der Waals surface area (Å²) in [5.41, 5.74) is 1.76. The van der Waals surface area contributed by atoms with E-state index in [1.807, 2.05) is 24.3 Å². The SMILES string of the molecule is C=Cc1cccc(C#CC(=O)OCC)c1. The van der Waals surface area contributed by atoms with E-state index in [0.717, 1.165) is 11.1 Å². The van der Waals surface area contributed by atoms with Crippen molar-refractivity contribution in [3.05, 3.63) is 42.0 Å². The molecule has 0 bridgehead atoms. The van der Waals surface area contributed by atoms with E-state index in [-0.39, 0.29) is 0 Å². The first-order chi connectivity index (χ1) is 7.26. The van der Waals surface area contributed by atoms with Crippen molar-refractivity contribution in [3.63, 3.8) is 0 Å². The molecule has 0 fully saturated rings. The molecule has 0 saturated carbocycles. The van der Waals surface area contributed by atoms with E-state index < -0.39 is 5.97 Å². The predicted molar refractivity (Wildman–Crippen MR) is 60.0 cm³/mol. The van der Waals surface area contributed by atoms with E-state index in [2.05, 4.69) is 23.2 Å². The summed E-state index contributed by atoms with van der Waals surface area (Å²) in [6, 6.07) is 7.48. The molecule has 0 aliphatic carbocycles. The fourth-order valence-corrected chi connectivity index (χ4v) is 1.03. The third-order valence-electron chi connectivity index (χ3n) is 1.71. The Kier molecular flexibility index (Phi) is 4.18. The zero-order chi connectivity index (χ0) is 11.1. The van der Waals surface area contributed by atoms with Crippen LogP contribution in [0.25, 0.3) is 6.08 Å². The Morgan fingerprint density at radius 2 is 2.40 bits per heavy atom. The number of esters is 1. The van der Waals surface area contributed by atoms with Crippen molar-refractivity contribution in [2.24, 2.45) is 0 Å². The number of carbonyl (C=O) groups excluding carboxylic acids is 1. The van der Waals surface area contributed by atoms with Gasteiger partial charge in [-0.15, -0.1) is 0 Å². The molecule has 1 aromatic rings. The first kappa shape index (κ1) is 11.1. The summed E-state index contributed by atoms with van der Waals surface area (Å²) in [5.74, 6) is 4.64. The van der Waals surface area contributed by atoms with Crippen LogP contribution in [0.15, 0.2) is 30.8 Å². The molecule has 0 saturated heterocycles. The van der Waals surface area contributed by atoms with E-state index in [1.165, 1.54) is 0 Å². The summed E-state index contributed by atoms with van der Waals surface area (Å²) in [4.78, 5) is 11.0. The third kappa shape index (κ3) is 3.70. The zero-order valence-electron chi connectivity index (χ0n) is 8.62. The lowest BCUT2D eigenvalue weighted by molar-refractivity contribution is -0.136. The summed E-state index contributed by atoms with van der Waals surface area (Å²) < 4.78 is 4.69. The Labute approximate surface area is 89.6 Å². The average Bonchev–Trinajstić information content (AvgIpc) is 2.27. The molecule has 2 nitrogen and oxygen atoms in total. The molecule has 0 radical (unpaired) electrons. The fourth-order valence-electron chi connectivity index (χ4n) is 1.03. The van der Waals surface area contributed by atoms with Gasteiger partial charge in [0.15, 0.2) is 0 Å². The van der Waals surface area contributed by atoms with Gasteiger partial charge in [-0.05, 0) is 24.6 Å². The van der Waals surface area contributed by atoms with E-state index in [0.29, 0.717) is 6.61 Å². The average molecular weight is 200 g/mol. The molecule has 0 heterocycles. The molecular formula is C13H12O2. The largest absolute Gasteiger partial charge is 0.456 e. The molecule has 0 amide bonds. The van der Waals surface area contributed by atoms with Gasteiger partial charge in [-0.1, -0.05) is 30.7 Å². The van der Waals surface area contributed by atoms with E-state index in [4.69, 9.17) is 0 Å². The molecule has 1 aromatic carbocycles. The number of hydrogen-bond acceptors (Lipinski definition) is 2. The van der Waals surface area contributed by atoms with Crippen LogP contribution in [0, 0.1) is 11.8 Å². The second kappa shape index (κ2) is 5.66. The second-order valence-corrected chi connectivity index (χ2v) is 2.80. The smallest absolute Gasteiger partial charge is 0.384 e. The Bertz CT molecular complexity index is 422. The maximum atomic E-state index is 11.0. The van der Waals surface area contributed by atoms with Crippen molar-refractivity contribution in [1.82, 2.24) is 0 Å². The lowest BCUT2D eigenvalue weighted by atomic mass is 10.1. The molecule has 0 spiro atoms. The van der Waals surface area contributed by atoms with Crippen LogP contribution < -0.4 is 0 Å². The first-order valence-corrected chi connectivity index (χ1v) is 4.67. The molecule has 0 aliphatic rings. The van der Waals surface area contributed by atoms with Gasteiger partial charge in [-0.3, -0.25) is 0 Å². The number of rotatable bonds is 2. The van der Waals surface area contributed by atoms with Crippen molar-refractivity contribution in [2.75, 3.05) is 6.61 Å². The Morgan fingerprint density at radius 3 is 3.07 bits per heavy atom. The molecule has 0 unspecified atom stereocenters. The van der Waals surface area contributed by atoms with Gasteiger partial charge >= 0.3 is 5.97 Å². The van der Waals surface area contributed by atoms with Crippen LogP contribution in [-0.2, 0) is 9.53 Å². The molecule has 76 valence electrons. The topological polar surface area (TPSA) is 26.3 Å². The van der Waals surface area contributed by atoms with Crippen molar-refractivity contribution in [2.45, 2.75) is 6.92 Å². The Hall–Kier alpha value is -2.01. The predicted octanol–water partition coefficient (Wildman–Crippen LogP) is 2.24. The van der Waals surface area contributed by atoms with Crippen LogP contribution in [0.3, 0.4) is 0 Å². The van der Waals surface area contributed by atoms with Gasteiger partial charge in [0.05, 0.1) is 6.61 Å². The highest BCUT2D eigenvalue weighted by molar-refractivity contribution is 5.89. The Morgan fingerprint density at radius 1 is 1.60 bits per heavy atom. The van der Waals surface area contributed by atoms with Gasteiger partial charge in [0.1, 0.15) is 0 Å². The number of hydrogen-bond donors (Lipinski definition) is 0. The lowest BCUT2D eigenvalue weighted by Crippen LogP contribution is -1.99. The first-order valence-electron chi connectivity index (χ1n) is 4.67. The molecule has 2 heteroatoms. The van der Waals surface area contributed by atoms with Crippen LogP contribution in [0.4, 0.5) is 0 Å². The second-order valence-electron chi connectivity index (χ2n) is 2.80. The van der Waals surface area contributed by atoms with E-state index in [9.17, 15) is 4.79 Å². The van der Waals surface area contributed by atoms with Crippen LogP contribution in [0.2, 0.25) is 0 Å². The van der Waals surface area contributed by atoms with Gasteiger partial charge < -0.3 is 4.74 Å². The summed E-state index contributed by atoms with van der Waals surface area (Å²) in [7, 11) is 0. The van der Waals surface area contributed by atoms with Crippen molar-refractivity contribution in [3.8, 4) is 11.8 Å². The van der Waals surface area contributed by atoms with Gasteiger partial charge in [-0.25, -0.2) is 4.79 Å². The summed E-state index contributed by atoms with van der Waals surface area (Å²) in [5, 5.41) is 0. The molecule has 0 atom stereocenters. The van der Waals surface area contributed by atoms with Crippen LogP contribution in [0.5, 0.6) is 0 Å². The number of benzene rings is 1.